The van der Waals surface area contributed by atoms with E-state index in [9.17, 15) is 19.7 Å². The number of non-ortho nitro benzene ring substituents is 1. The van der Waals surface area contributed by atoms with Crippen molar-refractivity contribution in [1.29, 1.82) is 0 Å². The Labute approximate surface area is 164 Å². The van der Waals surface area contributed by atoms with E-state index in [1.807, 2.05) is 0 Å². The first kappa shape index (κ1) is 18.3. The predicted octanol–water partition coefficient (Wildman–Crippen LogP) is 2.91. The molecule has 0 aliphatic heterocycles. The molecule has 144 valence electrons. The van der Waals surface area contributed by atoms with Gasteiger partial charge in [0.05, 0.1) is 16.6 Å². The first-order valence-corrected chi connectivity index (χ1v) is 9.78. The maximum Gasteiger partial charge on any atom is 0.269 e. The zero-order valence-electron chi connectivity index (χ0n) is 15.3. The molecular weight excluding hydrogens is 380 g/mol. The number of hydrogen-bond donors (Lipinski definition) is 0. The first-order chi connectivity index (χ1) is 13.5. The fourth-order valence-electron chi connectivity index (χ4n) is 3.49. The van der Waals surface area contributed by atoms with Gasteiger partial charge in [0.1, 0.15) is 11.4 Å². The molecule has 0 saturated carbocycles. The predicted molar refractivity (Wildman–Crippen MR) is 107 cm³/mol. The molecule has 4 rings (SSSR count). The topological polar surface area (TPSA) is 98.3 Å². The van der Waals surface area contributed by atoms with Gasteiger partial charge in [-0.2, -0.15) is 0 Å². The molecule has 2 aromatic heterocycles. The lowest BCUT2D eigenvalue weighted by Crippen LogP contribution is -2.34. The summed E-state index contributed by atoms with van der Waals surface area (Å²) < 4.78 is 1.34. The van der Waals surface area contributed by atoms with Crippen molar-refractivity contribution in [3.8, 4) is 0 Å². The maximum atomic E-state index is 13.0. The Kier molecular flexibility index (Phi) is 4.68. The van der Waals surface area contributed by atoms with Crippen LogP contribution in [0.25, 0.3) is 10.2 Å². The van der Waals surface area contributed by atoms with Gasteiger partial charge in [0, 0.05) is 29.7 Å². The molecule has 2 heterocycles. The molecule has 9 heteroatoms. The Balaban J connectivity index is 1.60. The molecular formula is C19H18N4O4S. The van der Waals surface area contributed by atoms with E-state index in [4.69, 9.17) is 0 Å². The van der Waals surface area contributed by atoms with Crippen molar-refractivity contribution in [2.75, 3.05) is 11.9 Å². The van der Waals surface area contributed by atoms with Crippen molar-refractivity contribution in [1.82, 2.24) is 9.55 Å². The second kappa shape index (κ2) is 7.16. The number of aromatic nitrogens is 2. The summed E-state index contributed by atoms with van der Waals surface area (Å²) in [6.07, 6.45) is 5.49. The number of nitrogens with zero attached hydrogens (tertiary/aromatic N) is 4. The van der Waals surface area contributed by atoms with Gasteiger partial charge in [-0.05, 0) is 43.4 Å². The Morgan fingerprint density at radius 3 is 2.71 bits per heavy atom. The number of carbonyl (C=O) groups is 1. The third-order valence-corrected chi connectivity index (χ3v) is 6.27. The van der Waals surface area contributed by atoms with Crippen LogP contribution in [0, 0.1) is 10.1 Å². The normalized spacial score (nSPS) is 13.3. The second-order valence-corrected chi connectivity index (χ2v) is 7.88. The Morgan fingerprint density at radius 1 is 1.29 bits per heavy atom. The highest BCUT2D eigenvalue weighted by Crippen LogP contribution is 2.33. The summed E-state index contributed by atoms with van der Waals surface area (Å²) >= 11 is 1.57. The number of anilines is 1. The van der Waals surface area contributed by atoms with Crippen LogP contribution in [0.5, 0.6) is 0 Å². The molecule has 1 aliphatic carbocycles. The highest BCUT2D eigenvalue weighted by Gasteiger charge is 2.21. The number of benzene rings is 1. The Hall–Kier alpha value is -3.07. The van der Waals surface area contributed by atoms with Crippen LogP contribution in [0.3, 0.4) is 0 Å². The standard InChI is InChI=1S/C19H18N4O4S/c1-21(12-6-8-13(9-7-12)23(26)27)16(24)10-22-11-20-18-17(19(22)25)14-4-2-3-5-15(14)28-18/h6-9,11H,2-5,10H2,1H3. The van der Waals surface area contributed by atoms with Crippen molar-refractivity contribution < 1.29 is 9.72 Å². The van der Waals surface area contributed by atoms with Gasteiger partial charge in [-0.15, -0.1) is 11.3 Å². The van der Waals surface area contributed by atoms with E-state index in [2.05, 4.69) is 4.98 Å². The van der Waals surface area contributed by atoms with Gasteiger partial charge in [-0.1, -0.05) is 0 Å². The van der Waals surface area contributed by atoms with Crippen molar-refractivity contribution in [2.45, 2.75) is 32.2 Å². The van der Waals surface area contributed by atoms with E-state index in [1.165, 1.54) is 44.9 Å². The largest absolute Gasteiger partial charge is 0.314 e. The fourth-order valence-corrected chi connectivity index (χ4v) is 4.71. The number of thiophene rings is 1. The van der Waals surface area contributed by atoms with E-state index in [-0.39, 0.29) is 23.7 Å². The fraction of sp³-hybridized carbons (Fsp3) is 0.316. The summed E-state index contributed by atoms with van der Waals surface area (Å²) in [5.41, 5.74) is 1.38. The number of aryl methyl sites for hydroxylation is 2. The summed E-state index contributed by atoms with van der Waals surface area (Å²) in [4.78, 5) is 43.6. The van der Waals surface area contributed by atoms with Gasteiger partial charge < -0.3 is 4.90 Å². The minimum absolute atomic E-state index is 0.0438. The van der Waals surface area contributed by atoms with Crippen molar-refractivity contribution in [3.63, 3.8) is 0 Å². The van der Waals surface area contributed by atoms with E-state index in [0.29, 0.717) is 11.1 Å². The number of amides is 1. The molecule has 0 fully saturated rings. The number of rotatable bonds is 4. The number of nitro groups is 1. The zero-order valence-corrected chi connectivity index (χ0v) is 16.1. The minimum Gasteiger partial charge on any atom is -0.314 e. The second-order valence-electron chi connectivity index (χ2n) is 6.79. The lowest BCUT2D eigenvalue weighted by atomic mass is 9.97. The van der Waals surface area contributed by atoms with E-state index < -0.39 is 4.92 Å². The van der Waals surface area contributed by atoms with Crippen molar-refractivity contribution >= 4 is 38.8 Å². The summed E-state index contributed by atoms with van der Waals surface area (Å²) in [6.45, 7) is -0.139. The molecule has 1 amide bonds. The summed E-state index contributed by atoms with van der Waals surface area (Å²) in [5.74, 6) is -0.304. The quantitative estimate of drug-likeness (QED) is 0.497. The Morgan fingerprint density at radius 2 is 2.00 bits per heavy atom. The van der Waals surface area contributed by atoms with Crippen molar-refractivity contribution in [3.05, 3.63) is 61.5 Å². The third-order valence-electron chi connectivity index (χ3n) is 5.07. The van der Waals surface area contributed by atoms with Gasteiger partial charge in [-0.25, -0.2) is 4.98 Å². The van der Waals surface area contributed by atoms with Crippen LogP contribution in [0.2, 0.25) is 0 Å². The number of fused-ring (bicyclic) bond motifs is 3. The SMILES string of the molecule is CN(C(=O)Cn1cnc2sc3c(c2c1=O)CCCC3)c1ccc([N+](=O)[O-])cc1. The summed E-state index contributed by atoms with van der Waals surface area (Å²) in [5, 5.41) is 11.4. The van der Waals surface area contributed by atoms with Crippen LogP contribution in [-0.4, -0.2) is 27.4 Å². The van der Waals surface area contributed by atoms with Crippen LogP contribution in [0.4, 0.5) is 11.4 Å². The molecule has 1 aromatic carbocycles. The van der Waals surface area contributed by atoms with Gasteiger partial charge in [0.2, 0.25) is 5.91 Å². The van der Waals surface area contributed by atoms with E-state index >= 15 is 0 Å². The van der Waals surface area contributed by atoms with E-state index in [0.717, 1.165) is 36.1 Å². The van der Waals surface area contributed by atoms with Gasteiger partial charge in [0.25, 0.3) is 11.2 Å². The van der Waals surface area contributed by atoms with Crippen LogP contribution in [0.1, 0.15) is 23.3 Å². The lowest BCUT2D eigenvalue weighted by molar-refractivity contribution is -0.384. The summed E-state index contributed by atoms with van der Waals surface area (Å²) in [7, 11) is 1.58. The molecule has 0 saturated heterocycles. The molecule has 1 aliphatic rings. The molecule has 28 heavy (non-hydrogen) atoms. The highest BCUT2D eigenvalue weighted by atomic mass is 32.1. The molecule has 0 atom stereocenters. The highest BCUT2D eigenvalue weighted by molar-refractivity contribution is 7.18. The van der Waals surface area contributed by atoms with Crippen molar-refractivity contribution in [2.24, 2.45) is 0 Å². The van der Waals surface area contributed by atoms with Gasteiger partial charge in [-0.3, -0.25) is 24.3 Å². The molecule has 3 aromatic rings. The number of hydrogen-bond acceptors (Lipinski definition) is 6. The number of nitro benzene ring substituents is 1. The number of likely N-dealkylation sites (N-methyl/N-ethyl adjacent to an activating group) is 1. The number of carbonyl (C=O) groups excluding carboxylic acids is 1. The van der Waals surface area contributed by atoms with Crippen LogP contribution < -0.4 is 10.5 Å². The van der Waals surface area contributed by atoms with Gasteiger partial charge >= 0.3 is 0 Å². The zero-order chi connectivity index (χ0) is 19.8. The average molecular weight is 398 g/mol. The minimum atomic E-state index is -0.492. The first-order valence-electron chi connectivity index (χ1n) is 8.96. The lowest BCUT2D eigenvalue weighted by Gasteiger charge is -2.18. The van der Waals surface area contributed by atoms with Crippen LogP contribution in [0.15, 0.2) is 35.4 Å². The molecule has 0 spiro atoms. The third kappa shape index (κ3) is 3.18. The van der Waals surface area contributed by atoms with E-state index in [1.54, 1.807) is 18.4 Å². The van der Waals surface area contributed by atoms with Crippen LogP contribution in [-0.2, 0) is 24.2 Å². The monoisotopic (exact) mass is 398 g/mol. The summed E-state index contributed by atoms with van der Waals surface area (Å²) in [6, 6.07) is 5.71. The molecule has 0 unspecified atom stereocenters. The molecule has 0 radical (unpaired) electrons. The molecule has 8 nitrogen and oxygen atoms in total. The molecule has 0 bridgehead atoms. The Bertz CT molecular complexity index is 1130. The maximum absolute atomic E-state index is 13.0. The van der Waals surface area contributed by atoms with Gasteiger partial charge in [0.15, 0.2) is 0 Å². The molecule has 0 N–H and O–H groups in total. The smallest absolute Gasteiger partial charge is 0.269 e. The van der Waals surface area contributed by atoms with Crippen LogP contribution >= 0.6 is 11.3 Å². The average Bonchev–Trinajstić information content (AvgIpc) is 3.08.